The van der Waals surface area contributed by atoms with Crippen LogP contribution in [0.3, 0.4) is 0 Å². The fraction of sp³-hybridized carbons (Fsp3) is 0.231. The topological polar surface area (TPSA) is 90.2 Å². The number of benzene rings is 2. The fourth-order valence-corrected chi connectivity index (χ4v) is 3.78. The van der Waals surface area contributed by atoms with Gasteiger partial charge in [0.05, 0.1) is 19.3 Å². The number of ether oxygens (including phenoxy) is 3. The van der Waals surface area contributed by atoms with E-state index in [1.807, 2.05) is 37.3 Å². The molecule has 2 aromatic carbocycles. The SMILES string of the molecule is C=CCN1C(=O)c2ccccc2N[C@H]1c1ccc(OCc2ccc(C(=O)OC)o2)c(OCC)c1. The molecule has 1 aliphatic heterocycles. The molecule has 1 aromatic heterocycles. The van der Waals surface area contributed by atoms with Crippen LogP contribution in [-0.2, 0) is 11.3 Å². The summed E-state index contributed by atoms with van der Waals surface area (Å²) in [6.45, 7) is 6.61. The summed E-state index contributed by atoms with van der Waals surface area (Å²) < 4.78 is 21.9. The van der Waals surface area contributed by atoms with Gasteiger partial charge in [-0.25, -0.2) is 4.79 Å². The molecule has 0 fully saturated rings. The summed E-state index contributed by atoms with van der Waals surface area (Å²) >= 11 is 0. The zero-order valence-corrected chi connectivity index (χ0v) is 19.1. The fourth-order valence-electron chi connectivity index (χ4n) is 3.78. The Balaban J connectivity index is 1.59. The second kappa shape index (κ2) is 10.2. The van der Waals surface area contributed by atoms with Gasteiger partial charge in [-0.3, -0.25) is 4.79 Å². The number of methoxy groups -OCH3 is 1. The number of nitrogens with zero attached hydrogens (tertiary/aromatic N) is 1. The van der Waals surface area contributed by atoms with Crippen LogP contribution >= 0.6 is 0 Å². The first kappa shape index (κ1) is 23.0. The van der Waals surface area contributed by atoms with E-state index >= 15 is 0 Å². The van der Waals surface area contributed by atoms with Crippen molar-refractivity contribution < 1.29 is 28.2 Å². The van der Waals surface area contributed by atoms with Gasteiger partial charge < -0.3 is 28.8 Å². The van der Waals surface area contributed by atoms with Crippen molar-refractivity contribution in [3.63, 3.8) is 0 Å². The molecule has 4 rings (SSSR count). The van der Waals surface area contributed by atoms with Crippen molar-refractivity contribution in [3.8, 4) is 11.5 Å². The van der Waals surface area contributed by atoms with Crippen LogP contribution in [0.2, 0.25) is 0 Å². The van der Waals surface area contributed by atoms with E-state index in [-0.39, 0.29) is 18.3 Å². The summed E-state index contributed by atoms with van der Waals surface area (Å²) in [5, 5.41) is 3.45. The summed E-state index contributed by atoms with van der Waals surface area (Å²) in [4.78, 5) is 26.4. The van der Waals surface area contributed by atoms with Crippen molar-refractivity contribution in [3.05, 3.63) is 89.9 Å². The van der Waals surface area contributed by atoms with Gasteiger partial charge in [0.25, 0.3) is 5.91 Å². The number of amides is 1. The molecular weight excluding hydrogens is 436 g/mol. The molecule has 0 radical (unpaired) electrons. The molecule has 176 valence electrons. The quantitative estimate of drug-likeness (QED) is 0.361. The molecule has 0 bridgehead atoms. The predicted octanol–water partition coefficient (Wildman–Crippen LogP) is 4.80. The first-order valence-corrected chi connectivity index (χ1v) is 10.9. The van der Waals surface area contributed by atoms with E-state index in [0.717, 1.165) is 11.3 Å². The van der Waals surface area contributed by atoms with Crippen molar-refractivity contribution in [1.82, 2.24) is 4.90 Å². The molecule has 0 saturated carbocycles. The van der Waals surface area contributed by atoms with Crippen molar-refractivity contribution in [2.45, 2.75) is 19.7 Å². The Morgan fingerprint density at radius 2 is 1.97 bits per heavy atom. The Kier molecular flexibility index (Phi) is 6.87. The summed E-state index contributed by atoms with van der Waals surface area (Å²) in [5.41, 5.74) is 2.23. The van der Waals surface area contributed by atoms with Gasteiger partial charge >= 0.3 is 5.97 Å². The Hall–Kier alpha value is -4.20. The van der Waals surface area contributed by atoms with Crippen LogP contribution in [0.5, 0.6) is 11.5 Å². The van der Waals surface area contributed by atoms with E-state index in [9.17, 15) is 9.59 Å². The maximum absolute atomic E-state index is 13.1. The molecule has 2 heterocycles. The second-order valence-corrected chi connectivity index (χ2v) is 7.52. The highest BCUT2D eigenvalue weighted by atomic mass is 16.5. The summed E-state index contributed by atoms with van der Waals surface area (Å²) in [6.07, 6.45) is 1.30. The lowest BCUT2D eigenvalue weighted by Crippen LogP contribution is -2.42. The van der Waals surface area contributed by atoms with Gasteiger partial charge in [0.15, 0.2) is 11.5 Å². The van der Waals surface area contributed by atoms with Gasteiger partial charge in [-0.1, -0.05) is 24.3 Å². The number of fused-ring (bicyclic) bond motifs is 1. The van der Waals surface area contributed by atoms with Crippen molar-refractivity contribution >= 4 is 17.6 Å². The van der Waals surface area contributed by atoms with Crippen LogP contribution in [0, 0.1) is 0 Å². The number of para-hydroxylation sites is 1. The molecule has 3 aromatic rings. The Morgan fingerprint density at radius 3 is 2.74 bits per heavy atom. The molecule has 0 saturated heterocycles. The maximum Gasteiger partial charge on any atom is 0.373 e. The minimum absolute atomic E-state index is 0.0724. The lowest BCUT2D eigenvalue weighted by molar-refractivity contribution is 0.0560. The van der Waals surface area contributed by atoms with Crippen LogP contribution < -0.4 is 14.8 Å². The second-order valence-electron chi connectivity index (χ2n) is 7.52. The van der Waals surface area contributed by atoms with Gasteiger partial charge in [-0.05, 0) is 48.9 Å². The number of esters is 1. The third kappa shape index (κ3) is 4.61. The van der Waals surface area contributed by atoms with E-state index in [1.165, 1.54) is 13.2 Å². The standard InChI is InChI=1S/C26H26N2O6/c1-4-14-28-24(27-20-9-7-6-8-19(20)25(28)29)17-10-12-21(23(15-17)32-5-2)33-16-18-11-13-22(34-18)26(30)31-3/h4,6-13,15,24,27H,1,5,14,16H2,2-3H3/t24-/m1/s1. The zero-order valence-electron chi connectivity index (χ0n) is 19.1. The Labute approximate surface area is 197 Å². The number of hydrogen-bond acceptors (Lipinski definition) is 7. The first-order valence-electron chi connectivity index (χ1n) is 10.9. The lowest BCUT2D eigenvalue weighted by Gasteiger charge is -2.37. The van der Waals surface area contributed by atoms with E-state index in [1.54, 1.807) is 29.2 Å². The number of rotatable bonds is 9. The third-order valence-electron chi connectivity index (χ3n) is 5.35. The Bertz CT molecular complexity index is 1200. The maximum atomic E-state index is 13.1. The Morgan fingerprint density at radius 1 is 1.15 bits per heavy atom. The van der Waals surface area contributed by atoms with E-state index in [4.69, 9.17) is 13.9 Å². The first-order chi connectivity index (χ1) is 16.5. The van der Waals surface area contributed by atoms with E-state index < -0.39 is 12.1 Å². The smallest absolute Gasteiger partial charge is 0.373 e. The highest BCUT2D eigenvalue weighted by molar-refractivity contribution is 6.01. The predicted molar refractivity (Wildman–Crippen MR) is 126 cm³/mol. The zero-order chi connectivity index (χ0) is 24.1. The van der Waals surface area contributed by atoms with Gasteiger partial charge in [0.1, 0.15) is 18.5 Å². The summed E-state index contributed by atoms with van der Waals surface area (Å²) in [5.74, 6) is 1.01. The van der Waals surface area contributed by atoms with Crippen LogP contribution in [0.1, 0.15) is 45.3 Å². The van der Waals surface area contributed by atoms with Crippen LogP contribution in [-0.4, -0.2) is 37.0 Å². The monoisotopic (exact) mass is 462 g/mol. The number of carbonyl (C=O) groups is 2. The average molecular weight is 463 g/mol. The van der Waals surface area contributed by atoms with Crippen LogP contribution in [0.25, 0.3) is 0 Å². The number of carbonyl (C=O) groups excluding carboxylic acids is 2. The minimum Gasteiger partial charge on any atom is -0.490 e. The molecule has 1 amide bonds. The number of furan rings is 1. The van der Waals surface area contributed by atoms with Gasteiger partial charge in [0, 0.05) is 12.2 Å². The molecule has 34 heavy (non-hydrogen) atoms. The molecule has 0 spiro atoms. The van der Waals surface area contributed by atoms with Crippen molar-refractivity contribution in [1.29, 1.82) is 0 Å². The molecule has 1 N–H and O–H groups in total. The number of nitrogens with one attached hydrogen (secondary N) is 1. The van der Waals surface area contributed by atoms with Gasteiger partial charge in [-0.2, -0.15) is 0 Å². The molecule has 8 nitrogen and oxygen atoms in total. The molecule has 1 aliphatic rings. The summed E-state index contributed by atoms with van der Waals surface area (Å²) in [7, 11) is 1.29. The van der Waals surface area contributed by atoms with Crippen LogP contribution in [0.4, 0.5) is 5.69 Å². The largest absolute Gasteiger partial charge is 0.490 e. The summed E-state index contributed by atoms with van der Waals surface area (Å²) in [6, 6.07) is 16.2. The van der Waals surface area contributed by atoms with Crippen molar-refractivity contribution in [2.24, 2.45) is 0 Å². The highest BCUT2D eigenvalue weighted by Crippen LogP contribution is 2.37. The van der Waals surface area contributed by atoms with Gasteiger partial charge in [0.2, 0.25) is 5.76 Å². The average Bonchev–Trinajstić information content (AvgIpc) is 3.34. The third-order valence-corrected chi connectivity index (χ3v) is 5.35. The van der Waals surface area contributed by atoms with Gasteiger partial charge in [-0.15, -0.1) is 6.58 Å². The number of anilines is 1. The van der Waals surface area contributed by atoms with E-state index in [0.29, 0.717) is 36.0 Å². The molecular formula is C26H26N2O6. The molecule has 8 heteroatoms. The molecule has 0 aliphatic carbocycles. The molecule has 1 atom stereocenters. The van der Waals surface area contributed by atoms with Crippen LogP contribution in [0.15, 0.2) is 71.7 Å². The normalized spacial score (nSPS) is 14.7. The van der Waals surface area contributed by atoms with Crippen molar-refractivity contribution in [2.75, 3.05) is 25.6 Å². The number of hydrogen-bond donors (Lipinski definition) is 1. The minimum atomic E-state index is -0.550. The lowest BCUT2D eigenvalue weighted by atomic mass is 10.0. The van der Waals surface area contributed by atoms with E-state index in [2.05, 4.69) is 16.6 Å². The molecule has 0 unspecified atom stereocenters. The highest BCUT2D eigenvalue weighted by Gasteiger charge is 2.32.